The number of hydrogen-bond acceptors (Lipinski definition) is 4. The molecule has 5 nitrogen and oxygen atoms in total. The van der Waals surface area contributed by atoms with E-state index in [2.05, 4.69) is 0 Å². The van der Waals surface area contributed by atoms with E-state index in [1.54, 1.807) is 43.5 Å². The van der Waals surface area contributed by atoms with Gasteiger partial charge in [0, 0.05) is 11.6 Å². The van der Waals surface area contributed by atoms with E-state index < -0.39 is 5.91 Å². The molecule has 5 heteroatoms. The van der Waals surface area contributed by atoms with Gasteiger partial charge in [0.2, 0.25) is 5.91 Å². The maximum Gasteiger partial charge on any atom is 0.248 e. The smallest absolute Gasteiger partial charge is 0.248 e. The Labute approximate surface area is 117 Å². The zero-order chi connectivity index (χ0) is 14.5. The summed E-state index contributed by atoms with van der Waals surface area (Å²) in [5, 5.41) is 0. The molecule has 0 fully saturated rings. The number of amides is 1. The van der Waals surface area contributed by atoms with Gasteiger partial charge in [0.15, 0.2) is 0 Å². The van der Waals surface area contributed by atoms with E-state index in [0.29, 0.717) is 29.4 Å². The molecule has 0 heterocycles. The molecule has 0 atom stereocenters. The Hall–Kier alpha value is -2.69. The summed E-state index contributed by atoms with van der Waals surface area (Å²) < 4.78 is 10.7. The molecule has 2 rings (SSSR count). The van der Waals surface area contributed by atoms with Crippen LogP contribution < -0.4 is 20.9 Å². The molecule has 2 aromatic carbocycles. The van der Waals surface area contributed by atoms with Crippen molar-refractivity contribution in [3.8, 4) is 11.5 Å². The number of primary amides is 1. The number of carbonyl (C=O) groups is 1. The van der Waals surface area contributed by atoms with Crippen LogP contribution in [0.25, 0.3) is 0 Å². The Kier molecular flexibility index (Phi) is 4.10. The number of ether oxygens (including phenoxy) is 2. The van der Waals surface area contributed by atoms with Gasteiger partial charge in [-0.1, -0.05) is 12.1 Å². The molecule has 0 bridgehead atoms. The Bertz CT molecular complexity index is 626. The summed E-state index contributed by atoms with van der Waals surface area (Å²) in [6.45, 7) is 0.326. The highest BCUT2D eigenvalue weighted by atomic mass is 16.5. The molecule has 0 radical (unpaired) electrons. The first-order chi connectivity index (χ1) is 9.60. The van der Waals surface area contributed by atoms with E-state index in [0.717, 1.165) is 5.56 Å². The molecule has 104 valence electrons. The van der Waals surface area contributed by atoms with E-state index in [-0.39, 0.29) is 0 Å². The van der Waals surface area contributed by atoms with Crippen molar-refractivity contribution in [2.75, 3.05) is 12.8 Å². The van der Waals surface area contributed by atoms with Crippen molar-refractivity contribution in [1.82, 2.24) is 0 Å². The Morgan fingerprint density at radius 2 is 2.00 bits per heavy atom. The molecule has 2 aromatic rings. The van der Waals surface area contributed by atoms with E-state index in [4.69, 9.17) is 20.9 Å². The predicted molar refractivity (Wildman–Crippen MR) is 76.7 cm³/mol. The summed E-state index contributed by atoms with van der Waals surface area (Å²) in [6, 6.07) is 12.2. The average molecular weight is 272 g/mol. The van der Waals surface area contributed by atoms with Gasteiger partial charge in [0.1, 0.15) is 18.1 Å². The van der Waals surface area contributed by atoms with Crippen LogP contribution in [-0.2, 0) is 6.61 Å². The zero-order valence-electron chi connectivity index (χ0n) is 11.1. The Morgan fingerprint density at radius 1 is 1.20 bits per heavy atom. The van der Waals surface area contributed by atoms with Gasteiger partial charge in [0.05, 0.1) is 12.8 Å². The third kappa shape index (κ3) is 3.20. The second-order valence-corrected chi connectivity index (χ2v) is 4.26. The first kappa shape index (κ1) is 13.7. The number of carbonyl (C=O) groups excluding carboxylic acids is 1. The Balaban J connectivity index is 2.07. The molecule has 0 aliphatic carbocycles. The minimum absolute atomic E-state index is 0.326. The molecule has 20 heavy (non-hydrogen) atoms. The highest BCUT2D eigenvalue weighted by Gasteiger charge is 2.04. The fourth-order valence-corrected chi connectivity index (χ4v) is 1.78. The summed E-state index contributed by atoms with van der Waals surface area (Å²) in [7, 11) is 1.56. The van der Waals surface area contributed by atoms with Crippen LogP contribution in [0.4, 0.5) is 5.69 Å². The van der Waals surface area contributed by atoms with E-state index in [1.165, 1.54) is 0 Å². The van der Waals surface area contributed by atoms with E-state index >= 15 is 0 Å². The standard InChI is InChI=1S/C15H16N2O3/c1-19-14-6-5-12(8-13(14)16)20-9-10-3-2-4-11(7-10)15(17)18/h2-8H,9,16H2,1H3,(H2,17,18). The van der Waals surface area contributed by atoms with Crippen LogP contribution in [0.2, 0.25) is 0 Å². The lowest BCUT2D eigenvalue weighted by Gasteiger charge is -2.09. The van der Waals surface area contributed by atoms with Crippen LogP contribution in [0.15, 0.2) is 42.5 Å². The van der Waals surface area contributed by atoms with Crippen molar-refractivity contribution in [2.45, 2.75) is 6.61 Å². The van der Waals surface area contributed by atoms with Gasteiger partial charge in [-0.2, -0.15) is 0 Å². The number of nitrogens with two attached hydrogens (primary N) is 2. The quantitative estimate of drug-likeness (QED) is 0.814. The van der Waals surface area contributed by atoms with Crippen molar-refractivity contribution in [3.05, 3.63) is 53.6 Å². The lowest BCUT2D eigenvalue weighted by molar-refractivity contribution is 0.1000. The number of hydrogen-bond donors (Lipinski definition) is 2. The summed E-state index contributed by atoms with van der Waals surface area (Å²) in [5.41, 5.74) is 12.9. The van der Waals surface area contributed by atoms with Crippen molar-refractivity contribution in [2.24, 2.45) is 5.73 Å². The lowest BCUT2D eigenvalue weighted by atomic mass is 10.1. The minimum Gasteiger partial charge on any atom is -0.495 e. The third-order valence-electron chi connectivity index (χ3n) is 2.82. The topological polar surface area (TPSA) is 87.6 Å². The molecule has 0 aliphatic rings. The van der Waals surface area contributed by atoms with Crippen LogP contribution >= 0.6 is 0 Å². The number of nitrogen functional groups attached to an aromatic ring is 1. The van der Waals surface area contributed by atoms with Gasteiger partial charge in [-0.3, -0.25) is 4.79 Å². The zero-order valence-corrected chi connectivity index (χ0v) is 11.1. The fraction of sp³-hybridized carbons (Fsp3) is 0.133. The number of benzene rings is 2. The van der Waals surface area contributed by atoms with Gasteiger partial charge in [-0.25, -0.2) is 0 Å². The largest absolute Gasteiger partial charge is 0.495 e. The van der Waals surface area contributed by atoms with Crippen molar-refractivity contribution < 1.29 is 14.3 Å². The summed E-state index contributed by atoms with van der Waals surface area (Å²) in [4.78, 5) is 11.1. The predicted octanol–water partition coefficient (Wildman–Crippen LogP) is 1.96. The molecule has 1 amide bonds. The first-order valence-corrected chi connectivity index (χ1v) is 6.05. The minimum atomic E-state index is -0.458. The second kappa shape index (κ2) is 5.97. The van der Waals surface area contributed by atoms with Gasteiger partial charge in [0.25, 0.3) is 0 Å². The van der Waals surface area contributed by atoms with Crippen molar-refractivity contribution >= 4 is 11.6 Å². The molecule has 0 spiro atoms. The van der Waals surface area contributed by atoms with Gasteiger partial charge < -0.3 is 20.9 Å². The van der Waals surface area contributed by atoms with Crippen molar-refractivity contribution in [3.63, 3.8) is 0 Å². The monoisotopic (exact) mass is 272 g/mol. The lowest BCUT2D eigenvalue weighted by Crippen LogP contribution is -2.11. The molecule has 0 aromatic heterocycles. The van der Waals surface area contributed by atoms with Crippen LogP contribution in [0.5, 0.6) is 11.5 Å². The van der Waals surface area contributed by atoms with Crippen molar-refractivity contribution in [1.29, 1.82) is 0 Å². The molecule has 0 aliphatic heterocycles. The second-order valence-electron chi connectivity index (χ2n) is 4.26. The van der Waals surface area contributed by atoms with Crippen LogP contribution in [0, 0.1) is 0 Å². The van der Waals surface area contributed by atoms with Gasteiger partial charge in [-0.15, -0.1) is 0 Å². The average Bonchev–Trinajstić information content (AvgIpc) is 2.45. The molecular formula is C15H16N2O3. The number of methoxy groups -OCH3 is 1. The van der Waals surface area contributed by atoms with Crippen LogP contribution in [0.1, 0.15) is 15.9 Å². The molecule has 0 saturated heterocycles. The van der Waals surface area contributed by atoms with Crippen LogP contribution in [0.3, 0.4) is 0 Å². The van der Waals surface area contributed by atoms with Crippen LogP contribution in [-0.4, -0.2) is 13.0 Å². The summed E-state index contributed by atoms with van der Waals surface area (Å²) in [5.74, 6) is 0.779. The van der Waals surface area contributed by atoms with E-state index in [1.807, 2.05) is 6.07 Å². The number of rotatable bonds is 5. The highest BCUT2D eigenvalue weighted by Crippen LogP contribution is 2.26. The number of anilines is 1. The highest BCUT2D eigenvalue weighted by molar-refractivity contribution is 5.92. The fourth-order valence-electron chi connectivity index (χ4n) is 1.78. The summed E-state index contributed by atoms with van der Waals surface area (Å²) >= 11 is 0. The third-order valence-corrected chi connectivity index (χ3v) is 2.82. The molecule has 4 N–H and O–H groups in total. The van der Waals surface area contributed by atoms with E-state index in [9.17, 15) is 4.79 Å². The maximum absolute atomic E-state index is 11.1. The molecule has 0 saturated carbocycles. The molecular weight excluding hydrogens is 256 g/mol. The molecule has 0 unspecified atom stereocenters. The first-order valence-electron chi connectivity index (χ1n) is 6.05. The van der Waals surface area contributed by atoms with Gasteiger partial charge >= 0.3 is 0 Å². The van der Waals surface area contributed by atoms with Gasteiger partial charge in [-0.05, 0) is 29.8 Å². The normalized spacial score (nSPS) is 10.1. The SMILES string of the molecule is COc1ccc(OCc2cccc(C(N)=O)c2)cc1N. The summed E-state index contributed by atoms with van der Waals surface area (Å²) in [6.07, 6.45) is 0. The maximum atomic E-state index is 11.1. The Morgan fingerprint density at radius 3 is 2.65 bits per heavy atom.